The molecule has 1 aromatic rings. The third-order valence-corrected chi connectivity index (χ3v) is 3.09. The van der Waals surface area contributed by atoms with E-state index in [0.717, 1.165) is 26.1 Å². The van der Waals surface area contributed by atoms with Gasteiger partial charge in [-0.2, -0.15) is 0 Å². The van der Waals surface area contributed by atoms with E-state index >= 15 is 0 Å². The van der Waals surface area contributed by atoms with Gasteiger partial charge in [0.2, 0.25) is 0 Å². The zero-order valence-electron chi connectivity index (χ0n) is 12.1. The Morgan fingerprint density at radius 2 is 1.84 bits per heavy atom. The summed E-state index contributed by atoms with van der Waals surface area (Å²) in [7, 11) is 3.51. The highest BCUT2D eigenvalue weighted by atomic mass is 16.3. The van der Waals surface area contributed by atoms with Crippen LogP contribution in [0.4, 0.5) is 0 Å². The molecular weight excluding hydrogens is 240 g/mol. The molecule has 1 amide bonds. The molecule has 1 aromatic carbocycles. The van der Waals surface area contributed by atoms with E-state index in [9.17, 15) is 4.79 Å². The highest BCUT2D eigenvalue weighted by molar-refractivity contribution is 5.93. The summed E-state index contributed by atoms with van der Waals surface area (Å²) in [6, 6.07) is 7.74. The van der Waals surface area contributed by atoms with Crippen LogP contribution in [0.3, 0.4) is 0 Å². The van der Waals surface area contributed by atoms with E-state index in [-0.39, 0.29) is 12.5 Å². The van der Waals surface area contributed by atoms with Crippen molar-refractivity contribution in [1.29, 1.82) is 0 Å². The smallest absolute Gasteiger partial charge is 0.253 e. The van der Waals surface area contributed by atoms with Gasteiger partial charge in [0.25, 0.3) is 5.91 Å². The number of hydrogen-bond acceptors (Lipinski definition) is 3. The lowest BCUT2D eigenvalue weighted by Crippen LogP contribution is -2.25. The van der Waals surface area contributed by atoms with Crippen LogP contribution < -0.4 is 0 Å². The predicted molar refractivity (Wildman–Crippen MR) is 77.1 cm³/mol. The van der Waals surface area contributed by atoms with Crippen molar-refractivity contribution in [3.8, 4) is 0 Å². The number of carbonyl (C=O) groups is 1. The normalized spacial score (nSPS) is 10.8. The minimum Gasteiger partial charge on any atom is -0.396 e. The number of aliphatic hydroxyl groups is 1. The van der Waals surface area contributed by atoms with E-state index in [1.54, 1.807) is 19.0 Å². The number of rotatable bonds is 7. The fourth-order valence-electron chi connectivity index (χ4n) is 1.91. The van der Waals surface area contributed by atoms with Gasteiger partial charge >= 0.3 is 0 Å². The van der Waals surface area contributed by atoms with Crippen molar-refractivity contribution in [2.24, 2.45) is 0 Å². The van der Waals surface area contributed by atoms with Crippen LogP contribution >= 0.6 is 0 Å². The molecule has 19 heavy (non-hydrogen) atoms. The molecule has 0 aliphatic rings. The van der Waals surface area contributed by atoms with E-state index in [1.165, 1.54) is 5.56 Å². The second-order valence-corrected chi connectivity index (χ2v) is 4.84. The van der Waals surface area contributed by atoms with Crippen molar-refractivity contribution in [3.63, 3.8) is 0 Å². The first-order valence-corrected chi connectivity index (χ1v) is 6.72. The molecule has 0 saturated carbocycles. The maximum atomic E-state index is 11.8. The van der Waals surface area contributed by atoms with Crippen LogP contribution in [0.5, 0.6) is 0 Å². The largest absolute Gasteiger partial charge is 0.396 e. The predicted octanol–water partition coefficient (Wildman–Crippen LogP) is 1.59. The molecule has 0 aromatic heterocycles. The summed E-state index contributed by atoms with van der Waals surface area (Å²) in [6.45, 7) is 5.05. The van der Waals surface area contributed by atoms with Crippen molar-refractivity contribution in [1.82, 2.24) is 9.80 Å². The van der Waals surface area contributed by atoms with Gasteiger partial charge in [-0.3, -0.25) is 9.69 Å². The van der Waals surface area contributed by atoms with Crippen LogP contribution in [0.1, 0.15) is 29.3 Å². The van der Waals surface area contributed by atoms with E-state index in [1.807, 2.05) is 24.3 Å². The molecule has 0 atom stereocenters. The summed E-state index contributed by atoms with van der Waals surface area (Å²) in [5, 5.41) is 8.86. The van der Waals surface area contributed by atoms with Gasteiger partial charge < -0.3 is 10.0 Å². The molecular formula is C15H24N2O2. The van der Waals surface area contributed by atoms with Gasteiger partial charge in [-0.15, -0.1) is 0 Å². The highest BCUT2D eigenvalue weighted by Crippen LogP contribution is 2.09. The van der Waals surface area contributed by atoms with Gasteiger partial charge in [0, 0.05) is 39.4 Å². The monoisotopic (exact) mass is 264 g/mol. The van der Waals surface area contributed by atoms with Crippen molar-refractivity contribution in [2.45, 2.75) is 19.9 Å². The maximum absolute atomic E-state index is 11.8. The lowest BCUT2D eigenvalue weighted by molar-refractivity contribution is 0.0827. The Hall–Kier alpha value is -1.39. The number of hydrogen-bond donors (Lipinski definition) is 1. The lowest BCUT2D eigenvalue weighted by Gasteiger charge is -2.20. The van der Waals surface area contributed by atoms with E-state index in [4.69, 9.17) is 5.11 Å². The molecule has 1 N–H and O–H groups in total. The number of nitrogens with zero attached hydrogens (tertiary/aromatic N) is 2. The Bertz CT molecular complexity index is 388. The molecule has 0 bridgehead atoms. The van der Waals surface area contributed by atoms with Crippen LogP contribution in [0, 0.1) is 0 Å². The Morgan fingerprint density at radius 3 is 2.32 bits per heavy atom. The Morgan fingerprint density at radius 1 is 1.21 bits per heavy atom. The SMILES string of the molecule is CCN(CCCO)Cc1ccc(C(=O)N(C)C)cc1. The molecule has 4 heteroatoms. The molecule has 0 saturated heterocycles. The number of amides is 1. The first-order valence-electron chi connectivity index (χ1n) is 6.72. The molecule has 0 fully saturated rings. The van der Waals surface area contributed by atoms with Crippen LogP contribution in [0.2, 0.25) is 0 Å². The average molecular weight is 264 g/mol. The lowest BCUT2D eigenvalue weighted by atomic mass is 10.1. The zero-order valence-corrected chi connectivity index (χ0v) is 12.1. The number of carbonyl (C=O) groups excluding carboxylic acids is 1. The van der Waals surface area contributed by atoms with Crippen molar-refractivity contribution in [2.75, 3.05) is 33.8 Å². The summed E-state index contributed by atoms with van der Waals surface area (Å²) < 4.78 is 0. The second kappa shape index (κ2) is 7.92. The third-order valence-electron chi connectivity index (χ3n) is 3.09. The fourth-order valence-corrected chi connectivity index (χ4v) is 1.91. The molecule has 106 valence electrons. The number of benzene rings is 1. The first-order chi connectivity index (χ1) is 9.08. The standard InChI is InChI=1S/C15H24N2O2/c1-4-17(10-5-11-18)12-13-6-8-14(9-7-13)15(19)16(2)3/h6-9,18H,4-5,10-12H2,1-3H3. The van der Waals surface area contributed by atoms with Crippen LogP contribution in [0.25, 0.3) is 0 Å². The third kappa shape index (κ3) is 5.01. The quantitative estimate of drug-likeness (QED) is 0.813. The van der Waals surface area contributed by atoms with Gasteiger partial charge in [-0.05, 0) is 30.7 Å². The number of aliphatic hydroxyl groups excluding tert-OH is 1. The van der Waals surface area contributed by atoms with Crippen LogP contribution in [-0.2, 0) is 6.54 Å². The van der Waals surface area contributed by atoms with E-state index in [0.29, 0.717) is 5.56 Å². The fraction of sp³-hybridized carbons (Fsp3) is 0.533. The van der Waals surface area contributed by atoms with Gasteiger partial charge in [0.15, 0.2) is 0 Å². The summed E-state index contributed by atoms with van der Waals surface area (Å²) in [5.74, 6) is 0.0270. The molecule has 0 spiro atoms. The summed E-state index contributed by atoms with van der Waals surface area (Å²) in [4.78, 5) is 15.6. The van der Waals surface area contributed by atoms with Crippen molar-refractivity contribution in [3.05, 3.63) is 35.4 Å². The van der Waals surface area contributed by atoms with Crippen molar-refractivity contribution < 1.29 is 9.90 Å². The van der Waals surface area contributed by atoms with Crippen LogP contribution in [-0.4, -0.2) is 54.6 Å². The zero-order chi connectivity index (χ0) is 14.3. The Balaban J connectivity index is 2.63. The highest BCUT2D eigenvalue weighted by Gasteiger charge is 2.08. The molecule has 0 aliphatic heterocycles. The topological polar surface area (TPSA) is 43.8 Å². The summed E-state index contributed by atoms with van der Waals surface area (Å²) in [5.41, 5.74) is 1.90. The molecule has 1 rings (SSSR count). The molecule has 0 aliphatic carbocycles. The van der Waals surface area contributed by atoms with Gasteiger partial charge in [0.1, 0.15) is 0 Å². The van der Waals surface area contributed by atoms with Crippen molar-refractivity contribution >= 4 is 5.91 Å². The maximum Gasteiger partial charge on any atom is 0.253 e. The Labute approximate surface area is 115 Å². The average Bonchev–Trinajstić information content (AvgIpc) is 2.43. The Kier molecular flexibility index (Phi) is 6.53. The minimum atomic E-state index is 0.0270. The summed E-state index contributed by atoms with van der Waals surface area (Å²) in [6.07, 6.45) is 0.797. The molecule has 0 radical (unpaired) electrons. The molecule has 4 nitrogen and oxygen atoms in total. The second-order valence-electron chi connectivity index (χ2n) is 4.84. The van der Waals surface area contributed by atoms with Crippen LogP contribution in [0.15, 0.2) is 24.3 Å². The van der Waals surface area contributed by atoms with Gasteiger partial charge in [-0.1, -0.05) is 19.1 Å². The molecule has 0 heterocycles. The molecule has 0 unspecified atom stereocenters. The van der Waals surface area contributed by atoms with Gasteiger partial charge in [0.05, 0.1) is 0 Å². The summed E-state index contributed by atoms with van der Waals surface area (Å²) >= 11 is 0. The van der Waals surface area contributed by atoms with E-state index in [2.05, 4.69) is 11.8 Å². The van der Waals surface area contributed by atoms with Gasteiger partial charge in [-0.25, -0.2) is 0 Å². The van der Waals surface area contributed by atoms with E-state index < -0.39 is 0 Å². The first kappa shape index (κ1) is 15.7. The minimum absolute atomic E-state index is 0.0270.